The standard InChI is InChI=1S/C6H4F4/c7-3-1-4(8)6(10)5(9)2-3/h1-3,6H. The van der Waals surface area contributed by atoms with Crippen molar-refractivity contribution in [1.82, 2.24) is 0 Å². The third-order valence-corrected chi connectivity index (χ3v) is 1.12. The predicted molar refractivity (Wildman–Crippen MR) is 28.2 cm³/mol. The fraction of sp³-hybridized carbons (Fsp3) is 0.333. The highest BCUT2D eigenvalue weighted by molar-refractivity contribution is 5.24. The Hall–Kier alpha value is -0.800. The van der Waals surface area contributed by atoms with Gasteiger partial charge in [0.2, 0.25) is 6.17 Å². The minimum Gasteiger partial charge on any atom is -0.238 e. The third-order valence-electron chi connectivity index (χ3n) is 1.12. The van der Waals surface area contributed by atoms with Gasteiger partial charge in [-0.05, 0) is 12.2 Å². The van der Waals surface area contributed by atoms with Crippen LogP contribution >= 0.6 is 0 Å². The molecule has 0 unspecified atom stereocenters. The summed E-state index contributed by atoms with van der Waals surface area (Å²) in [6, 6.07) is 0. The first-order chi connectivity index (χ1) is 4.61. The molecule has 0 bridgehead atoms. The van der Waals surface area contributed by atoms with Gasteiger partial charge in [-0.3, -0.25) is 0 Å². The quantitative estimate of drug-likeness (QED) is 0.467. The van der Waals surface area contributed by atoms with Crippen LogP contribution < -0.4 is 0 Å². The number of rotatable bonds is 0. The van der Waals surface area contributed by atoms with Crippen molar-refractivity contribution in [2.45, 2.75) is 12.3 Å². The maximum Gasteiger partial charge on any atom is 0.202 e. The molecule has 0 aromatic carbocycles. The maximum absolute atomic E-state index is 12.1. The highest BCUT2D eigenvalue weighted by Gasteiger charge is 2.25. The average molecular weight is 152 g/mol. The molecule has 0 saturated heterocycles. The molecule has 1 rings (SSSR count). The van der Waals surface area contributed by atoms with Gasteiger partial charge in [0.1, 0.15) is 17.8 Å². The lowest BCUT2D eigenvalue weighted by Crippen LogP contribution is -2.10. The van der Waals surface area contributed by atoms with E-state index in [1.165, 1.54) is 0 Å². The van der Waals surface area contributed by atoms with Crippen molar-refractivity contribution in [2.24, 2.45) is 0 Å². The van der Waals surface area contributed by atoms with Gasteiger partial charge in [-0.15, -0.1) is 0 Å². The fourth-order valence-corrected chi connectivity index (χ4v) is 0.653. The summed E-state index contributed by atoms with van der Waals surface area (Å²) >= 11 is 0. The number of hydrogen-bond acceptors (Lipinski definition) is 0. The van der Waals surface area contributed by atoms with E-state index in [2.05, 4.69) is 0 Å². The summed E-state index contributed by atoms with van der Waals surface area (Å²) in [5.74, 6) is -2.79. The first kappa shape index (κ1) is 7.31. The van der Waals surface area contributed by atoms with Gasteiger partial charge in [0.25, 0.3) is 0 Å². The molecule has 0 aromatic heterocycles. The Kier molecular flexibility index (Phi) is 1.78. The number of allylic oxidation sites excluding steroid dienone is 4. The van der Waals surface area contributed by atoms with Gasteiger partial charge in [-0.2, -0.15) is 0 Å². The van der Waals surface area contributed by atoms with Crippen molar-refractivity contribution < 1.29 is 17.6 Å². The second kappa shape index (κ2) is 2.44. The summed E-state index contributed by atoms with van der Waals surface area (Å²) in [4.78, 5) is 0. The molecule has 0 fully saturated rings. The molecular formula is C6H4F4. The first-order valence-electron chi connectivity index (χ1n) is 2.64. The number of alkyl halides is 2. The Balaban J connectivity index is 2.83. The fourth-order valence-electron chi connectivity index (χ4n) is 0.653. The molecule has 0 heterocycles. The molecule has 0 aromatic rings. The molecule has 0 saturated carbocycles. The van der Waals surface area contributed by atoms with Crippen LogP contribution in [0.15, 0.2) is 23.8 Å². The van der Waals surface area contributed by atoms with Crippen molar-refractivity contribution in [3.8, 4) is 0 Å². The second-order valence-corrected chi connectivity index (χ2v) is 1.91. The summed E-state index contributed by atoms with van der Waals surface area (Å²) in [5, 5.41) is 0. The van der Waals surface area contributed by atoms with E-state index in [1.807, 2.05) is 0 Å². The average Bonchev–Trinajstić information content (AvgIpc) is 1.82. The summed E-state index contributed by atoms with van der Waals surface area (Å²) in [7, 11) is 0. The molecule has 0 N–H and O–H groups in total. The van der Waals surface area contributed by atoms with Crippen LogP contribution in [-0.2, 0) is 0 Å². The van der Waals surface area contributed by atoms with Crippen molar-refractivity contribution in [3.63, 3.8) is 0 Å². The van der Waals surface area contributed by atoms with E-state index >= 15 is 0 Å². The van der Waals surface area contributed by atoms with E-state index < -0.39 is 24.0 Å². The molecule has 56 valence electrons. The zero-order valence-electron chi connectivity index (χ0n) is 4.82. The van der Waals surface area contributed by atoms with E-state index in [-0.39, 0.29) is 0 Å². The Morgan fingerprint density at radius 2 is 1.40 bits per heavy atom. The molecule has 0 nitrogen and oxygen atoms in total. The minimum atomic E-state index is -2.40. The van der Waals surface area contributed by atoms with E-state index in [9.17, 15) is 17.6 Å². The van der Waals surface area contributed by atoms with Gasteiger partial charge in [-0.25, -0.2) is 17.6 Å². The summed E-state index contributed by atoms with van der Waals surface area (Å²) < 4.78 is 48.2. The van der Waals surface area contributed by atoms with Crippen molar-refractivity contribution >= 4 is 0 Å². The largest absolute Gasteiger partial charge is 0.238 e. The lowest BCUT2D eigenvalue weighted by molar-refractivity contribution is 0.297. The number of hydrogen-bond donors (Lipinski definition) is 0. The molecule has 0 aliphatic heterocycles. The van der Waals surface area contributed by atoms with Crippen LogP contribution in [0, 0.1) is 0 Å². The maximum atomic E-state index is 12.1. The normalized spacial score (nSPS) is 33.2. The van der Waals surface area contributed by atoms with Crippen LogP contribution in [0.2, 0.25) is 0 Å². The topological polar surface area (TPSA) is 0 Å². The van der Waals surface area contributed by atoms with Crippen LogP contribution in [-0.4, -0.2) is 12.3 Å². The van der Waals surface area contributed by atoms with Crippen LogP contribution in [0.4, 0.5) is 17.6 Å². The zero-order valence-corrected chi connectivity index (χ0v) is 4.82. The minimum absolute atomic E-state index is 0.397. The van der Waals surface area contributed by atoms with E-state index in [4.69, 9.17) is 0 Å². The summed E-state index contributed by atoms with van der Waals surface area (Å²) in [6.07, 6.45) is -3.44. The van der Waals surface area contributed by atoms with Crippen molar-refractivity contribution in [2.75, 3.05) is 0 Å². The number of halogens is 4. The molecule has 4 heteroatoms. The lowest BCUT2D eigenvalue weighted by Gasteiger charge is -2.09. The van der Waals surface area contributed by atoms with Crippen LogP contribution in [0.1, 0.15) is 0 Å². The summed E-state index contributed by atoms with van der Waals surface area (Å²) in [5.41, 5.74) is 0. The molecule has 0 atom stereocenters. The van der Waals surface area contributed by atoms with Gasteiger partial charge in [0.05, 0.1) is 0 Å². The van der Waals surface area contributed by atoms with Gasteiger partial charge in [-0.1, -0.05) is 0 Å². The second-order valence-electron chi connectivity index (χ2n) is 1.91. The molecule has 0 amide bonds. The smallest absolute Gasteiger partial charge is 0.202 e. The first-order valence-corrected chi connectivity index (χ1v) is 2.64. The molecule has 1 aliphatic rings. The van der Waals surface area contributed by atoms with Crippen molar-refractivity contribution in [1.29, 1.82) is 0 Å². The molecule has 0 spiro atoms. The zero-order chi connectivity index (χ0) is 7.72. The van der Waals surface area contributed by atoms with Gasteiger partial charge in [0, 0.05) is 0 Å². The van der Waals surface area contributed by atoms with E-state index in [1.54, 1.807) is 0 Å². The Morgan fingerprint density at radius 1 is 1.00 bits per heavy atom. The van der Waals surface area contributed by atoms with Crippen LogP contribution in [0.3, 0.4) is 0 Å². The Bertz CT molecular complexity index is 174. The summed E-state index contributed by atoms with van der Waals surface area (Å²) in [6.45, 7) is 0. The van der Waals surface area contributed by atoms with Gasteiger partial charge >= 0.3 is 0 Å². The predicted octanol–water partition coefficient (Wildman–Crippen LogP) is 2.38. The molecular weight excluding hydrogens is 148 g/mol. The highest BCUT2D eigenvalue weighted by atomic mass is 19.2. The van der Waals surface area contributed by atoms with E-state index in [0.717, 1.165) is 0 Å². The molecule has 10 heavy (non-hydrogen) atoms. The monoisotopic (exact) mass is 152 g/mol. The van der Waals surface area contributed by atoms with Crippen LogP contribution in [0.5, 0.6) is 0 Å². The van der Waals surface area contributed by atoms with Gasteiger partial charge < -0.3 is 0 Å². The SMILES string of the molecule is FC1=CC(F)C=C(F)C1F. The van der Waals surface area contributed by atoms with Crippen molar-refractivity contribution in [3.05, 3.63) is 23.8 Å². The molecule has 0 radical (unpaired) electrons. The highest BCUT2D eigenvalue weighted by Crippen LogP contribution is 2.25. The Labute approximate surface area is 54.8 Å². The van der Waals surface area contributed by atoms with E-state index in [0.29, 0.717) is 12.2 Å². The third kappa shape index (κ3) is 1.20. The lowest BCUT2D eigenvalue weighted by atomic mass is 10.1. The van der Waals surface area contributed by atoms with Gasteiger partial charge in [0.15, 0.2) is 0 Å². The van der Waals surface area contributed by atoms with Crippen LogP contribution in [0.25, 0.3) is 0 Å². The molecule has 1 aliphatic carbocycles. The Morgan fingerprint density at radius 3 is 1.80 bits per heavy atom.